The van der Waals surface area contributed by atoms with Gasteiger partial charge >= 0.3 is 0 Å². The van der Waals surface area contributed by atoms with Gasteiger partial charge in [0.25, 0.3) is 5.56 Å². The molecule has 0 spiro atoms. The van der Waals surface area contributed by atoms with E-state index in [4.69, 9.17) is 0 Å². The van der Waals surface area contributed by atoms with Crippen LogP contribution in [-0.2, 0) is 11.3 Å². The van der Waals surface area contributed by atoms with Crippen molar-refractivity contribution in [1.82, 2.24) is 19.0 Å². The van der Waals surface area contributed by atoms with Gasteiger partial charge in [-0.25, -0.2) is 4.98 Å². The van der Waals surface area contributed by atoms with Crippen LogP contribution >= 0.6 is 0 Å². The zero-order valence-corrected chi connectivity index (χ0v) is 18.8. The van der Waals surface area contributed by atoms with Crippen molar-refractivity contribution in [3.63, 3.8) is 0 Å². The second-order valence-corrected chi connectivity index (χ2v) is 9.18. The predicted octanol–water partition coefficient (Wildman–Crippen LogP) is 2.66. The Kier molecular flexibility index (Phi) is 5.55. The maximum atomic E-state index is 13.2. The third kappa shape index (κ3) is 3.78. The molecular formula is C24H29N5O3. The molecule has 0 unspecified atom stereocenters. The molecule has 3 heterocycles. The van der Waals surface area contributed by atoms with Crippen molar-refractivity contribution in [2.24, 2.45) is 5.41 Å². The Bertz CT molecular complexity index is 1210. The molecule has 8 heteroatoms. The minimum Gasteiger partial charge on any atom is -0.388 e. The number of amides is 1. The number of hydrogen-bond donors (Lipinski definition) is 1. The predicted molar refractivity (Wildman–Crippen MR) is 122 cm³/mol. The monoisotopic (exact) mass is 435 g/mol. The molecule has 1 aliphatic heterocycles. The SMILES string of the molecule is C/C=C\C(=C/C)n1c(C#N)cc2c(=O)n(CC3(O)CCN(C(=O)C4(C)CC4)CC3)cnc21. The summed E-state index contributed by atoms with van der Waals surface area (Å²) in [5.41, 5.74) is -0.0966. The Labute approximate surface area is 187 Å². The molecule has 0 atom stereocenters. The standard InChI is InChI=1S/C24H29N5O3/c1-4-6-17(5-2)29-18(14-25)13-19-20(29)26-16-28(21(19)30)15-24(32)9-11-27(12-10-24)22(31)23(3)7-8-23/h4-6,13,16,32H,7-12,15H2,1-3H3/b6-4-,17-5+. The summed E-state index contributed by atoms with van der Waals surface area (Å²) in [6.07, 6.45) is 9.69. The lowest BCUT2D eigenvalue weighted by Gasteiger charge is -2.39. The van der Waals surface area contributed by atoms with Crippen LogP contribution in [0.25, 0.3) is 16.7 Å². The summed E-state index contributed by atoms with van der Waals surface area (Å²) in [6.45, 7) is 6.81. The van der Waals surface area contributed by atoms with Gasteiger partial charge < -0.3 is 10.0 Å². The van der Waals surface area contributed by atoms with Crippen molar-refractivity contribution in [2.45, 2.75) is 58.6 Å². The van der Waals surface area contributed by atoms with E-state index in [0.717, 1.165) is 18.5 Å². The number of fused-ring (bicyclic) bond motifs is 1. The third-order valence-electron chi connectivity index (χ3n) is 6.75. The molecule has 2 aromatic rings. The zero-order chi connectivity index (χ0) is 23.1. The number of nitrogens with zero attached hydrogens (tertiary/aromatic N) is 5. The fraction of sp³-hybridized carbons (Fsp3) is 0.500. The largest absolute Gasteiger partial charge is 0.388 e. The van der Waals surface area contributed by atoms with E-state index in [1.807, 2.05) is 43.9 Å². The van der Waals surface area contributed by atoms with Crippen LogP contribution < -0.4 is 5.56 Å². The summed E-state index contributed by atoms with van der Waals surface area (Å²) >= 11 is 0. The van der Waals surface area contributed by atoms with Gasteiger partial charge in [-0.3, -0.25) is 18.7 Å². The van der Waals surface area contributed by atoms with Crippen molar-refractivity contribution in [3.8, 4) is 6.07 Å². The van der Waals surface area contributed by atoms with Gasteiger partial charge in [0.2, 0.25) is 5.91 Å². The van der Waals surface area contributed by atoms with Crippen LogP contribution in [0.3, 0.4) is 0 Å². The molecule has 0 bridgehead atoms. The van der Waals surface area contributed by atoms with Crippen LogP contribution in [0.5, 0.6) is 0 Å². The van der Waals surface area contributed by atoms with Crippen molar-refractivity contribution in [3.05, 3.63) is 46.7 Å². The molecule has 168 valence electrons. The molecule has 2 aromatic heterocycles. The molecule has 1 aliphatic carbocycles. The molecular weight excluding hydrogens is 406 g/mol. The second kappa shape index (κ2) is 8.06. The first-order chi connectivity index (χ1) is 15.2. The average Bonchev–Trinajstić information content (AvgIpc) is 3.42. The third-order valence-corrected chi connectivity index (χ3v) is 6.75. The molecule has 1 saturated heterocycles. The number of likely N-dealkylation sites (tertiary alicyclic amines) is 1. The lowest BCUT2D eigenvalue weighted by molar-refractivity contribution is -0.141. The number of nitriles is 1. The Morgan fingerprint density at radius 1 is 1.28 bits per heavy atom. The molecule has 0 aromatic carbocycles. The van der Waals surface area contributed by atoms with E-state index in [1.54, 1.807) is 10.6 Å². The van der Waals surface area contributed by atoms with Gasteiger partial charge in [-0.05, 0) is 51.7 Å². The van der Waals surface area contributed by atoms with E-state index in [1.165, 1.54) is 10.9 Å². The van der Waals surface area contributed by atoms with Crippen LogP contribution in [0.4, 0.5) is 0 Å². The van der Waals surface area contributed by atoms with Gasteiger partial charge in [0.1, 0.15) is 18.1 Å². The number of aliphatic hydroxyl groups is 1. The number of aromatic nitrogens is 3. The van der Waals surface area contributed by atoms with Gasteiger partial charge in [-0.2, -0.15) is 5.26 Å². The summed E-state index contributed by atoms with van der Waals surface area (Å²) in [4.78, 5) is 32.1. The highest BCUT2D eigenvalue weighted by Crippen LogP contribution is 2.47. The lowest BCUT2D eigenvalue weighted by Crippen LogP contribution is -2.51. The molecule has 8 nitrogen and oxygen atoms in total. The van der Waals surface area contributed by atoms with Crippen LogP contribution in [0.1, 0.15) is 52.1 Å². The van der Waals surface area contributed by atoms with E-state index in [9.17, 15) is 20.0 Å². The Morgan fingerprint density at radius 2 is 1.97 bits per heavy atom. The second-order valence-electron chi connectivity index (χ2n) is 9.18. The van der Waals surface area contributed by atoms with E-state index in [0.29, 0.717) is 42.7 Å². The molecule has 1 N–H and O–H groups in total. The first-order valence-electron chi connectivity index (χ1n) is 11.1. The number of allylic oxidation sites excluding steroid dienone is 4. The Morgan fingerprint density at radius 3 is 2.53 bits per heavy atom. The maximum Gasteiger partial charge on any atom is 0.262 e. The van der Waals surface area contributed by atoms with Crippen molar-refractivity contribution in [2.75, 3.05) is 13.1 Å². The molecule has 1 amide bonds. The molecule has 1 saturated carbocycles. The number of hydrogen-bond acceptors (Lipinski definition) is 5. The summed E-state index contributed by atoms with van der Waals surface area (Å²) in [7, 11) is 0. The van der Waals surface area contributed by atoms with Crippen molar-refractivity contribution in [1.29, 1.82) is 5.26 Å². The van der Waals surface area contributed by atoms with Gasteiger partial charge in [0.15, 0.2) is 5.65 Å². The van der Waals surface area contributed by atoms with Crippen LogP contribution in [-0.4, -0.2) is 48.7 Å². The quantitative estimate of drug-likeness (QED) is 0.727. The fourth-order valence-electron chi connectivity index (χ4n) is 4.43. The maximum absolute atomic E-state index is 13.2. The van der Waals surface area contributed by atoms with E-state index in [2.05, 4.69) is 11.1 Å². The van der Waals surface area contributed by atoms with Crippen molar-refractivity contribution < 1.29 is 9.90 Å². The molecule has 2 fully saturated rings. The minimum absolute atomic E-state index is 0.104. The first kappa shape index (κ1) is 22.0. The Hall–Kier alpha value is -3.18. The highest BCUT2D eigenvalue weighted by atomic mass is 16.3. The van der Waals surface area contributed by atoms with Crippen molar-refractivity contribution >= 4 is 22.6 Å². The molecule has 4 rings (SSSR count). The highest BCUT2D eigenvalue weighted by Gasteiger charge is 2.48. The molecule has 0 radical (unpaired) electrons. The zero-order valence-electron chi connectivity index (χ0n) is 18.8. The van der Waals surface area contributed by atoms with Gasteiger partial charge in [-0.15, -0.1) is 0 Å². The van der Waals surface area contributed by atoms with Crippen LogP contribution in [0.2, 0.25) is 0 Å². The van der Waals surface area contributed by atoms with E-state index < -0.39 is 5.60 Å². The summed E-state index contributed by atoms with van der Waals surface area (Å²) < 4.78 is 3.08. The lowest BCUT2D eigenvalue weighted by atomic mass is 9.90. The number of carbonyl (C=O) groups is 1. The fourth-order valence-corrected chi connectivity index (χ4v) is 4.43. The number of piperidine rings is 1. The average molecular weight is 436 g/mol. The Balaban J connectivity index is 1.59. The molecule has 2 aliphatic rings. The first-order valence-corrected chi connectivity index (χ1v) is 11.1. The van der Waals surface area contributed by atoms with E-state index in [-0.39, 0.29) is 23.4 Å². The summed E-state index contributed by atoms with van der Waals surface area (Å²) in [5, 5.41) is 21.1. The smallest absolute Gasteiger partial charge is 0.262 e. The number of rotatable bonds is 5. The summed E-state index contributed by atoms with van der Waals surface area (Å²) in [6, 6.07) is 3.69. The van der Waals surface area contributed by atoms with Crippen LogP contribution in [0.15, 0.2) is 35.4 Å². The molecule has 32 heavy (non-hydrogen) atoms. The van der Waals surface area contributed by atoms with Gasteiger partial charge in [0, 0.05) is 24.2 Å². The summed E-state index contributed by atoms with van der Waals surface area (Å²) in [5.74, 6) is 0.172. The van der Waals surface area contributed by atoms with Crippen LogP contribution in [0, 0.1) is 16.7 Å². The minimum atomic E-state index is -1.08. The number of carbonyl (C=O) groups excluding carboxylic acids is 1. The van der Waals surface area contributed by atoms with Gasteiger partial charge in [-0.1, -0.05) is 19.1 Å². The van der Waals surface area contributed by atoms with E-state index >= 15 is 0 Å². The topological polar surface area (TPSA) is 104 Å². The normalized spacial score (nSPS) is 20.0. The highest BCUT2D eigenvalue weighted by molar-refractivity contribution is 5.85. The van der Waals surface area contributed by atoms with Gasteiger partial charge in [0.05, 0.1) is 17.5 Å².